The fourth-order valence-corrected chi connectivity index (χ4v) is 2.09. The molecule has 25 heavy (non-hydrogen) atoms. The third-order valence-electron chi connectivity index (χ3n) is 3.23. The van der Waals surface area contributed by atoms with Crippen molar-refractivity contribution in [1.82, 2.24) is 4.68 Å². The summed E-state index contributed by atoms with van der Waals surface area (Å²) in [6.07, 6.45) is -3.37. The van der Waals surface area contributed by atoms with Crippen LogP contribution in [-0.4, -0.2) is 10.9 Å². The van der Waals surface area contributed by atoms with Crippen molar-refractivity contribution in [1.29, 1.82) is 5.26 Å². The number of aromatic nitrogens is 1. The zero-order valence-electron chi connectivity index (χ0n) is 13.9. The maximum absolute atomic E-state index is 13.3. The van der Waals surface area contributed by atoms with Gasteiger partial charge in [-0.05, 0) is 11.5 Å². The zero-order valence-corrected chi connectivity index (χ0v) is 13.9. The molecule has 2 aromatic rings. The summed E-state index contributed by atoms with van der Waals surface area (Å²) in [5.41, 5.74) is -3.38. The average molecular weight is 347 g/mol. The van der Waals surface area contributed by atoms with Crippen molar-refractivity contribution < 1.29 is 13.2 Å². The highest BCUT2D eigenvalue weighted by molar-refractivity contribution is 5.66. The lowest BCUT2D eigenvalue weighted by Gasteiger charge is -2.16. The summed E-state index contributed by atoms with van der Waals surface area (Å²) >= 11 is 0. The minimum absolute atomic E-state index is 0.0302. The van der Waals surface area contributed by atoms with E-state index in [4.69, 9.17) is 5.26 Å². The van der Waals surface area contributed by atoms with Crippen LogP contribution >= 0.6 is 0 Å². The molecule has 0 aliphatic rings. The SMILES string of the molecule is CC(C)(C)C=Nn1c(-c2ccccc2)cc(C(F)(F)F)c(C#N)c1=O. The molecule has 0 spiro atoms. The largest absolute Gasteiger partial charge is 0.417 e. The lowest BCUT2D eigenvalue weighted by atomic mass is 9.99. The number of pyridine rings is 1. The maximum Gasteiger partial charge on any atom is 0.417 e. The summed E-state index contributed by atoms with van der Waals surface area (Å²) in [6.45, 7) is 5.50. The lowest BCUT2D eigenvalue weighted by molar-refractivity contribution is -0.137. The van der Waals surface area contributed by atoms with Gasteiger partial charge in [0.15, 0.2) is 0 Å². The molecule has 130 valence electrons. The highest BCUT2D eigenvalue weighted by atomic mass is 19.4. The predicted octanol–water partition coefficient (Wildman–Crippen LogP) is 4.29. The van der Waals surface area contributed by atoms with Crippen LogP contribution in [0.1, 0.15) is 31.9 Å². The second-order valence-electron chi connectivity index (χ2n) is 6.52. The number of halogens is 3. The Kier molecular flexibility index (Phi) is 4.84. The van der Waals surface area contributed by atoms with E-state index in [-0.39, 0.29) is 5.69 Å². The van der Waals surface area contributed by atoms with Gasteiger partial charge in [-0.2, -0.15) is 28.2 Å². The van der Waals surface area contributed by atoms with Crippen LogP contribution in [0.5, 0.6) is 0 Å². The van der Waals surface area contributed by atoms with E-state index in [1.165, 1.54) is 12.3 Å². The molecule has 0 saturated carbocycles. The van der Waals surface area contributed by atoms with Crippen LogP contribution in [-0.2, 0) is 6.18 Å². The van der Waals surface area contributed by atoms with Crippen LogP contribution in [0.3, 0.4) is 0 Å². The van der Waals surface area contributed by atoms with E-state index in [1.54, 1.807) is 30.3 Å². The third-order valence-corrected chi connectivity index (χ3v) is 3.23. The summed E-state index contributed by atoms with van der Waals surface area (Å²) in [6, 6.07) is 10.3. The molecular weight excluding hydrogens is 331 g/mol. The quantitative estimate of drug-likeness (QED) is 0.761. The second-order valence-corrected chi connectivity index (χ2v) is 6.52. The molecule has 0 fully saturated rings. The first kappa shape index (κ1) is 18.5. The molecule has 0 amide bonds. The third kappa shape index (κ3) is 4.15. The van der Waals surface area contributed by atoms with Crippen LogP contribution in [0, 0.1) is 16.7 Å². The molecule has 1 aromatic heterocycles. The predicted molar refractivity (Wildman–Crippen MR) is 89.2 cm³/mol. The first-order valence-electron chi connectivity index (χ1n) is 7.43. The van der Waals surface area contributed by atoms with Gasteiger partial charge >= 0.3 is 6.18 Å². The fourth-order valence-electron chi connectivity index (χ4n) is 2.09. The highest BCUT2D eigenvalue weighted by Gasteiger charge is 2.36. The molecule has 0 N–H and O–H groups in total. The van der Waals surface area contributed by atoms with Crippen molar-refractivity contribution in [2.75, 3.05) is 0 Å². The molecular formula is C18H16F3N3O. The fraction of sp³-hybridized carbons (Fsp3) is 0.278. The normalized spacial score (nSPS) is 12.4. The van der Waals surface area contributed by atoms with E-state index in [0.29, 0.717) is 5.56 Å². The van der Waals surface area contributed by atoms with Crippen LogP contribution in [0.15, 0.2) is 46.3 Å². The molecule has 0 unspecified atom stereocenters. The van der Waals surface area contributed by atoms with Crippen molar-refractivity contribution >= 4 is 6.21 Å². The molecule has 1 heterocycles. The molecule has 0 aliphatic carbocycles. The van der Waals surface area contributed by atoms with E-state index in [9.17, 15) is 18.0 Å². The minimum Gasteiger partial charge on any atom is -0.266 e. The summed E-state index contributed by atoms with van der Waals surface area (Å²) in [5, 5.41) is 13.1. The Morgan fingerprint density at radius 3 is 2.24 bits per heavy atom. The van der Waals surface area contributed by atoms with E-state index >= 15 is 0 Å². The number of nitrogens with zero attached hydrogens (tertiary/aromatic N) is 3. The number of alkyl halides is 3. The monoisotopic (exact) mass is 347 g/mol. The molecule has 4 nitrogen and oxygen atoms in total. The smallest absolute Gasteiger partial charge is 0.266 e. The first-order chi connectivity index (χ1) is 11.5. The van der Waals surface area contributed by atoms with Gasteiger partial charge in [-0.3, -0.25) is 4.79 Å². The van der Waals surface area contributed by atoms with Gasteiger partial charge in [-0.1, -0.05) is 51.1 Å². The van der Waals surface area contributed by atoms with Gasteiger partial charge in [0.25, 0.3) is 5.56 Å². The molecule has 7 heteroatoms. The Hall–Kier alpha value is -2.88. The number of nitriles is 1. The number of benzene rings is 1. The van der Waals surface area contributed by atoms with E-state index in [2.05, 4.69) is 5.10 Å². The summed E-state index contributed by atoms with van der Waals surface area (Å²) in [5.74, 6) is 0. The van der Waals surface area contributed by atoms with Gasteiger partial charge in [-0.15, -0.1) is 0 Å². The molecule has 2 rings (SSSR count). The number of rotatable bonds is 2. The Morgan fingerprint density at radius 2 is 1.76 bits per heavy atom. The molecule has 0 atom stereocenters. The first-order valence-corrected chi connectivity index (χ1v) is 7.43. The number of hydrogen-bond donors (Lipinski definition) is 0. The highest BCUT2D eigenvalue weighted by Crippen LogP contribution is 2.33. The Labute approximate surface area is 142 Å². The van der Waals surface area contributed by atoms with Crippen molar-refractivity contribution in [3.63, 3.8) is 0 Å². The van der Waals surface area contributed by atoms with Crippen molar-refractivity contribution in [3.05, 3.63) is 57.9 Å². The van der Waals surface area contributed by atoms with Crippen LogP contribution in [0.4, 0.5) is 13.2 Å². The van der Waals surface area contributed by atoms with Crippen molar-refractivity contribution in [2.24, 2.45) is 10.5 Å². The molecule has 1 aromatic carbocycles. The van der Waals surface area contributed by atoms with E-state index < -0.39 is 28.3 Å². The minimum atomic E-state index is -4.82. The Bertz CT molecular complexity index is 899. The Balaban J connectivity index is 2.88. The average Bonchev–Trinajstić information content (AvgIpc) is 2.52. The van der Waals surface area contributed by atoms with Crippen LogP contribution in [0.2, 0.25) is 0 Å². The molecule has 0 aliphatic heterocycles. The van der Waals surface area contributed by atoms with Crippen LogP contribution < -0.4 is 5.56 Å². The Morgan fingerprint density at radius 1 is 1.16 bits per heavy atom. The molecule has 0 radical (unpaired) electrons. The van der Waals surface area contributed by atoms with Crippen molar-refractivity contribution in [2.45, 2.75) is 26.9 Å². The van der Waals surface area contributed by atoms with Crippen molar-refractivity contribution in [3.8, 4) is 17.3 Å². The summed E-state index contributed by atoms with van der Waals surface area (Å²) < 4.78 is 40.7. The van der Waals surface area contributed by atoms with E-state index in [1.807, 2.05) is 20.8 Å². The van der Waals surface area contributed by atoms with Gasteiger partial charge in [0, 0.05) is 11.8 Å². The molecule has 0 bridgehead atoms. The van der Waals surface area contributed by atoms with Gasteiger partial charge in [0.2, 0.25) is 0 Å². The van der Waals surface area contributed by atoms with E-state index in [0.717, 1.165) is 10.7 Å². The lowest BCUT2D eigenvalue weighted by Crippen LogP contribution is -2.26. The number of hydrogen-bond acceptors (Lipinski definition) is 3. The maximum atomic E-state index is 13.3. The van der Waals surface area contributed by atoms with Gasteiger partial charge < -0.3 is 0 Å². The molecule has 0 saturated heterocycles. The summed E-state index contributed by atoms with van der Waals surface area (Å²) in [7, 11) is 0. The second kappa shape index (κ2) is 6.55. The van der Waals surface area contributed by atoms with Gasteiger partial charge in [0.1, 0.15) is 11.6 Å². The zero-order chi connectivity index (χ0) is 18.8. The topological polar surface area (TPSA) is 58.1 Å². The van der Waals surface area contributed by atoms with Gasteiger partial charge in [-0.25, -0.2) is 0 Å². The summed E-state index contributed by atoms with van der Waals surface area (Å²) in [4.78, 5) is 12.5. The van der Waals surface area contributed by atoms with Gasteiger partial charge in [0.05, 0.1) is 11.3 Å². The van der Waals surface area contributed by atoms with Crippen LogP contribution in [0.25, 0.3) is 11.3 Å². The standard InChI is InChI=1S/C18H16F3N3O/c1-17(2,3)11-23-24-15(12-7-5-4-6-8-12)9-14(18(19,20)21)13(10-22)16(24)25/h4-9,11H,1-3H3.